The number of benzene rings is 2. The number of nitrogens with zero attached hydrogens (tertiary/aromatic N) is 2. The maximum absolute atomic E-state index is 13.5. The number of esters is 1. The van der Waals surface area contributed by atoms with E-state index in [1.165, 1.54) is 41.5 Å². The third kappa shape index (κ3) is 3.81. The molecule has 0 radical (unpaired) electrons. The number of methoxy groups -OCH3 is 2. The number of anilines is 1. The normalized spacial score (nSPS) is 15.6. The first-order valence-corrected chi connectivity index (χ1v) is 11.6. The molecule has 0 spiro atoms. The first kappa shape index (κ1) is 23.3. The summed E-state index contributed by atoms with van der Waals surface area (Å²) in [4.78, 5) is 44.6. The zero-order chi connectivity index (χ0) is 25.6. The Hall–Kier alpha value is -4.44. The van der Waals surface area contributed by atoms with E-state index in [2.05, 4.69) is 4.98 Å². The lowest BCUT2D eigenvalue weighted by molar-refractivity contribution is -0.117. The van der Waals surface area contributed by atoms with E-state index in [4.69, 9.17) is 13.9 Å². The first-order chi connectivity index (χ1) is 17.3. The number of Topliss-reactive ketones (excluding diaryl/α,β-unsaturated/α-hetero) is 1. The SMILES string of the molecule is COC(=O)c1ccc(C2C(C(=O)c3ccc(C)o3)=C(O)C(=O)N2c2nc3ccc(OC)cc3s2)cc1. The van der Waals surface area contributed by atoms with Crippen molar-refractivity contribution in [3.63, 3.8) is 0 Å². The van der Waals surface area contributed by atoms with Gasteiger partial charge in [0.15, 0.2) is 16.7 Å². The van der Waals surface area contributed by atoms with Crippen LogP contribution in [0, 0.1) is 6.92 Å². The number of furan rings is 1. The second-order valence-corrected chi connectivity index (χ2v) is 9.03. The van der Waals surface area contributed by atoms with Crippen LogP contribution in [0.15, 0.2) is 70.3 Å². The zero-order valence-electron chi connectivity index (χ0n) is 19.5. The van der Waals surface area contributed by atoms with Crippen LogP contribution in [0.4, 0.5) is 5.13 Å². The number of carbonyl (C=O) groups excluding carboxylic acids is 3. The Balaban J connectivity index is 1.65. The van der Waals surface area contributed by atoms with Crippen LogP contribution in [-0.2, 0) is 9.53 Å². The number of aromatic nitrogens is 1. The number of ketones is 1. The molecule has 0 saturated carbocycles. The summed E-state index contributed by atoms with van der Waals surface area (Å²) in [7, 11) is 2.83. The van der Waals surface area contributed by atoms with Gasteiger partial charge in [-0.05, 0) is 55.0 Å². The van der Waals surface area contributed by atoms with Crippen molar-refractivity contribution in [1.82, 2.24) is 4.98 Å². The molecule has 0 saturated heterocycles. The van der Waals surface area contributed by atoms with Gasteiger partial charge in [-0.25, -0.2) is 9.78 Å². The van der Waals surface area contributed by atoms with Gasteiger partial charge in [0.25, 0.3) is 5.91 Å². The number of amides is 1. The van der Waals surface area contributed by atoms with Crippen molar-refractivity contribution in [2.75, 3.05) is 19.1 Å². The van der Waals surface area contributed by atoms with Crippen LogP contribution >= 0.6 is 11.3 Å². The van der Waals surface area contributed by atoms with Crippen LogP contribution < -0.4 is 9.64 Å². The lowest BCUT2D eigenvalue weighted by Gasteiger charge is -2.24. The van der Waals surface area contributed by atoms with Gasteiger partial charge in [0.1, 0.15) is 11.5 Å². The largest absolute Gasteiger partial charge is 0.503 e. The van der Waals surface area contributed by atoms with E-state index in [1.54, 1.807) is 50.4 Å². The van der Waals surface area contributed by atoms with E-state index in [0.717, 1.165) is 4.70 Å². The highest BCUT2D eigenvalue weighted by Crippen LogP contribution is 2.44. The lowest BCUT2D eigenvalue weighted by Crippen LogP contribution is -2.31. The Morgan fingerprint density at radius 3 is 2.47 bits per heavy atom. The highest BCUT2D eigenvalue weighted by molar-refractivity contribution is 7.22. The average Bonchev–Trinajstić information content (AvgIpc) is 3.58. The van der Waals surface area contributed by atoms with Crippen molar-refractivity contribution >= 4 is 44.3 Å². The predicted molar refractivity (Wildman–Crippen MR) is 132 cm³/mol. The van der Waals surface area contributed by atoms with E-state index >= 15 is 0 Å². The number of thiazole rings is 1. The molecule has 1 atom stereocenters. The van der Waals surface area contributed by atoms with Crippen LogP contribution in [-0.4, -0.2) is 42.0 Å². The molecule has 0 aliphatic carbocycles. The third-order valence-electron chi connectivity index (χ3n) is 5.85. The van der Waals surface area contributed by atoms with Gasteiger partial charge in [-0.15, -0.1) is 0 Å². The number of carbonyl (C=O) groups is 3. The van der Waals surface area contributed by atoms with Crippen molar-refractivity contribution in [3.05, 3.63) is 88.6 Å². The summed E-state index contributed by atoms with van der Waals surface area (Å²) in [5.74, 6) is -1.47. The summed E-state index contributed by atoms with van der Waals surface area (Å²) in [6, 6.07) is 13.7. The fourth-order valence-electron chi connectivity index (χ4n) is 4.08. The minimum atomic E-state index is -1.01. The van der Waals surface area contributed by atoms with Crippen molar-refractivity contribution in [1.29, 1.82) is 0 Å². The van der Waals surface area contributed by atoms with Crippen molar-refractivity contribution < 1.29 is 33.4 Å². The van der Waals surface area contributed by atoms with Crippen molar-refractivity contribution in [2.45, 2.75) is 13.0 Å². The average molecular weight is 505 g/mol. The Kier molecular flexibility index (Phi) is 5.81. The molecule has 4 aromatic rings. The monoisotopic (exact) mass is 504 g/mol. The Morgan fingerprint density at radius 2 is 1.83 bits per heavy atom. The second-order valence-electron chi connectivity index (χ2n) is 8.02. The van der Waals surface area contributed by atoms with Crippen molar-refractivity contribution in [2.24, 2.45) is 0 Å². The summed E-state index contributed by atoms with van der Waals surface area (Å²) in [5, 5.41) is 11.2. The topological polar surface area (TPSA) is 119 Å². The molecule has 10 heteroatoms. The number of aliphatic hydroxyl groups excluding tert-OH is 1. The minimum Gasteiger partial charge on any atom is -0.503 e. The van der Waals surface area contributed by atoms with Crippen molar-refractivity contribution in [3.8, 4) is 5.75 Å². The molecule has 1 amide bonds. The maximum atomic E-state index is 13.5. The van der Waals surface area contributed by atoms with E-state index in [0.29, 0.717) is 28.2 Å². The molecule has 1 unspecified atom stereocenters. The number of hydrogen-bond donors (Lipinski definition) is 1. The molecular weight excluding hydrogens is 484 g/mol. The molecule has 3 heterocycles. The fourth-order valence-corrected chi connectivity index (χ4v) is 5.10. The summed E-state index contributed by atoms with van der Waals surface area (Å²) in [6.07, 6.45) is 0. The van der Waals surface area contributed by atoms with Crippen LogP contribution in [0.25, 0.3) is 10.2 Å². The van der Waals surface area contributed by atoms with Crippen LogP contribution in [0.3, 0.4) is 0 Å². The number of fused-ring (bicyclic) bond motifs is 1. The molecule has 182 valence electrons. The number of aryl methyl sites for hydroxylation is 1. The van der Waals surface area contributed by atoms with Crippen LogP contribution in [0.2, 0.25) is 0 Å². The van der Waals surface area contributed by atoms with Gasteiger partial charge < -0.3 is 19.0 Å². The summed E-state index contributed by atoms with van der Waals surface area (Å²) in [5.41, 5.74) is 1.27. The zero-order valence-corrected chi connectivity index (χ0v) is 20.3. The Morgan fingerprint density at radius 1 is 1.08 bits per heavy atom. The van der Waals surface area contributed by atoms with Crippen LogP contribution in [0.5, 0.6) is 5.75 Å². The maximum Gasteiger partial charge on any atom is 0.337 e. The highest BCUT2D eigenvalue weighted by Gasteiger charge is 2.46. The van der Waals surface area contributed by atoms with Gasteiger partial charge in [0.2, 0.25) is 5.78 Å². The van der Waals surface area contributed by atoms with E-state index < -0.39 is 29.5 Å². The van der Waals surface area contributed by atoms with Crippen LogP contribution in [0.1, 0.15) is 38.3 Å². The number of ether oxygens (including phenoxy) is 2. The van der Waals surface area contributed by atoms with Gasteiger partial charge in [-0.2, -0.15) is 0 Å². The minimum absolute atomic E-state index is 0.00563. The molecule has 1 aliphatic rings. The van der Waals surface area contributed by atoms with E-state index in [9.17, 15) is 19.5 Å². The number of rotatable bonds is 6. The Bertz CT molecular complexity index is 1550. The summed E-state index contributed by atoms with van der Waals surface area (Å²) >= 11 is 1.22. The number of hydrogen-bond acceptors (Lipinski definition) is 9. The molecule has 2 aromatic heterocycles. The van der Waals surface area contributed by atoms with Gasteiger partial charge in [0, 0.05) is 0 Å². The van der Waals surface area contributed by atoms with Gasteiger partial charge >= 0.3 is 5.97 Å². The van der Waals surface area contributed by atoms with Gasteiger partial charge in [-0.1, -0.05) is 23.5 Å². The second kappa shape index (κ2) is 8.97. The van der Waals surface area contributed by atoms with E-state index in [-0.39, 0.29) is 16.5 Å². The molecule has 9 nitrogen and oxygen atoms in total. The van der Waals surface area contributed by atoms with E-state index in [1.807, 2.05) is 0 Å². The highest BCUT2D eigenvalue weighted by atomic mass is 32.1. The quantitative estimate of drug-likeness (QED) is 0.294. The molecule has 1 N–H and O–H groups in total. The lowest BCUT2D eigenvalue weighted by atomic mass is 9.94. The molecule has 5 rings (SSSR count). The molecule has 36 heavy (non-hydrogen) atoms. The first-order valence-electron chi connectivity index (χ1n) is 10.8. The smallest absolute Gasteiger partial charge is 0.337 e. The summed E-state index contributed by atoms with van der Waals surface area (Å²) < 4.78 is 16.3. The standard InChI is InChI=1S/C26H20N2O7S/c1-13-4-11-18(35-13)22(29)20-21(14-5-7-15(8-6-14)25(32)34-3)28(24(31)23(20)30)26-27-17-10-9-16(33-2)12-19(17)36-26/h4-12,21,30H,1-3H3. The fraction of sp³-hybridized carbons (Fsp3) is 0.154. The molecule has 0 fully saturated rings. The van der Waals surface area contributed by atoms with Gasteiger partial charge in [-0.3, -0.25) is 14.5 Å². The molecular formula is C26H20N2O7S. The predicted octanol–water partition coefficient (Wildman–Crippen LogP) is 4.78. The Labute approximate surface area is 209 Å². The molecule has 2 aromatic carbocycles. The molecule has 0 bridgehead atoms. The molecule has 1 aliphatic heterocycles. The summed E-state index contributed by atoms with van der Waals surface area (Å²) in [6.45, 7) is 1.69. The third-order valence-corrected chi connectivity index (χ3v) is 6.87. The van der Waals surface area contributed by atoms with Gasteiger partial charge in [0.05, 0.1) is 41.6 Å². The number of aliphatic hydroxyl groups is 1.